The van der Waals surface area contributed by atoms with Crippen LogP contribution < -0.4 is 25.9 Å². The van der Waals surface area contributed by atoms with E-state index in [1.165, 1.54) is 42.2 Å². The lowest BCUT2D eigenvalue weighted by molar-refractivity contribution is -0.384. The molecule has 2 amide bonds. The van der Waals surface area contributed by atoms with Crippen LogP contribution in [0.15, 0.2) is 56.8 Å². The monoisotopic (exact) mass is 681 g/mol. The van der Waals surface area contributed by atoms with E-state index in [-0.39, 0.29) is 23.5 Å². The Hall–Kier alpha value is -5.07. The zero-order valence-corrected chi connectivity index (χ0v) is 26.7. The third kappa shape index (κ3) is 8.74. The molecule has 1 aromatic heterocycles. The number of nitrogens with zero attached hydrogens (tertiary/aromatic N) is 5. The smallest absolute Gasteiger partial charge is 0.271 e. The summed E-state index contributed by atoms with van der Waals surface area (Å²) in [5.74, 6) is -0.861. The van der Waals surface area contributed by atoms with E-state index < -0.39 is 35.4 Å². The molecular formula is C30H32BrN7O7. The summed E-state index contributed by atoms with van der Waals surface area (Å²) >= 11 is 3.39. The first kappa shape index (κ1) is 34.4. The first-order valence-corrected chi connectivity index (χ1v) is 14.5. The Balaban J connectivity index is 1.78. The van der Waals surface area contributed by atoms with E-state index in [0.29, 0.717) is 27.0 Å². The molecule has 2 aromatic carbocycles. The molecule has 14 nitrogen and oxygen atoms in total. The number of non-ortho nitro benzene ring substituents is 1. The summed E-state index contributed by atoms with van der Waals surface area (Å²) in [6, 6.07) is 12.7. The molecule has 0 aliphatic rings. The van der Waals surface area contributed by atoms with Crippen molar-refractivity contribution in [2.75, 3.05) is 37.0 Å². The topological polar surface area (TPSA) is 181 Å². The van der Waals surface area contributed by atoms with Gasteiger partial charge in [0.15, 0.2) is 6.61 Å². The Labute approximate surface area is 267 Å². The molecule has 3 aromatic rings. The predicted octanol–water partition coefficient (Wildman–Crippen LogP) is 3.86. The van der Waals surface area contributed by atoms with Crippen LogP contribution in [-0.4, -0.2) is 54.3 Å². The van der Waals surface area contributed by atoms with E-state index in [1.54, 1.807) is 19.1 Å². The highest BCUT2D eigenvalue weighted by molar-refractivity contribution is 9.10. The Morgan fingerprint density at radius 1 is 1.20 bits per heavy atom. The molecule has 0 aliphatic heterocycles. The van der Waals surface area contributed by atoms with Crippen LogP contribution in [0.4, 0.5) is 17.1 Å². The number of rotatable bonds is 14. The number of amides is 2. The maximum absolute atomic E-state index is 12.9. The zero-order valence-electron chi connectivity index (χ0n) is 25.1. The van der Waals surface area contributed by atoms with Crippen LogP contribution in [-0.2, 0) is 27.5 Å². The maximum atomic E-state index is 12.9. The van der Waals surface area contributed by atoms with Crippen molar-refractivity contribution in [2.24, 2.45) is 5.10 Å². The van der Waals surface area contributed by atoms with Gasteiger partial charge in [0, 0.05) is 71.1 Å². The molecule has 1 heterocycles. The summed E-state index contributed by atoms with van der Waals surface area (Å²) in [6.45, 7) is 6.32. The molecule has 0 radical (unpaired) electrons. The number of nitriles is 1. The molecule has 0 fully saturated rings. The van der Waals surface area contributed by atoms with Gasteiger partial charge in [-0.15, -0.1) is 0 Å². The Morgan fingerprint density at radius 3 is 2.58 bits per heavy atom. The summed E-state index contributed by atoms with van der Waals surface area (Å²) in [5.41, 5.74) is 3.82. The van der Waals surface area contributed by atoms with Crippen molar-refractivity contribution in [1.29, 1.82) is 5.26 Å². The molecule has 0 bridgehead atoms. The molecule has 0 spiro atoms. The third-order valence-corrected chi connectivity index (χ3v) is 7.72. The average Bonchev–Trinajstić information content (AvgIpc) is 3.02. The molecule has 0 saturated heterocycles. The predicted molar refractivity (Wildman–Crippen MR) is 172 cm³/mol. The van der Waals surface area contributed by atoms with Crippen LogP contribution >= 0.6 is 15.9 Å². The fraction of sp³-hybridized carbons (Fsp3) is 0.300. The van der Waals surface area contributed by atoms with E-state index >= 15 is 0 Å². The number of pyridine rings is 1. The van der Waals surface area contributed by atoms with E-state index in [2.05, 4.69) is 36.7 Å². The number of carbonyl (C=O) groups excluding carboxylic acids is 2. The van der Waals surface area contributed by atoms with Gasteiger partial charge in [0.25, 0.3) is 23.1 Å². The molecule has 15 heteroatoms. The standard InChI is InChI=1S/C30H32BrN7O7/c1-5-36(6-2)22-11-10-20(26(13-22)45-18-28(40)34-21-8-7-9-23(12-21)38(42)43)15-33-35-27(39)16-37-19(3)29(31)25(17-44-4)24(14-32)30(37)41/h7-13,15H,5-6,16-18H2,1-4H3,(H,34,40)(H,35,39)/b33-15+. The summed E-state index contributed by atoms with van der Waals surface area (Å²) in [5, 5.41) is 27.2. The number of methoxy groups -OCH3 is 1. The quantitative estimate of drug-likeness (QED) is 0.145. The normalized spacial score (nSPS) is 10.8. The van der Waals surface area contributed by atoms with E-state index in [9.17, 15) is 29.8 Å². The minimum atomic E-state index is -0.629. The molecule has 236 valence electrons. The fourth-order valence-corrected chi connectivity index (χ4v) is 4.91. The average molecular weight is 683 g/mol. The van der Waals surface area contributed by atoms with Gasteiger partial charge >= 0.3 is 0 Å². The first-order chi connectivity index (χ1) is 21.5. The highest BCUT2D eigenvalue weighted by Gasteiger charge is 2.19. The number of hydrazone groups is 1. The maximum Gasteiger partial charge on any atom is 0.271 e. The number of nitro benzene ring substituents is 1. The first-order valence-electron chi connectivity index (χ1n) is 13.7. The molecule has 0 saturated carbocycles. The molecule has 0 unspecified atom stereocenters. The van der Waals surface area contributed by atoms with Gasteiger partial charge in [-0.2, -0.15) is 10.4 Å². The summed E-state index contributed by atoms with van der Waals surface area (Å²) in [7, 11) is 1.45. The van der Waals surface area contributed by atoms with Crippen LogP contribution in [0.1, 0.15) is 36.2 Å². The number of nitrogens with one attached hydrogen (secondary N) is 2. The van der Waals surface area contributed by atoms with Crippen molar-refractivity contribution in [1.82, 2.24) is 9.99 Å². The number of aromatic nitrogens is 1. The van der Waals surface area contributed by atoms with Crippen LogP contribution in [0.2, 0.25) is 0 Å². The van der Waals surface area contributed by atoms with Crippen molar-refractivity contribution in [3.63, 3.8) is 0 Å². The zero-order chi connectivity index (χ0) is 33.1. The van der Waals surface area contributed by atoms with Crippen LogP contribution in [0.25, 0.3) is 0 Å². The molecule has 0 atom stereocenters. The van der Waals surface area contributed by atoms with Crippen LogP contribution in [0, 0.1) is 28.4 Å². The number of carbonyl (C=O) groups is 2. The molecule has 2 N–H and O–H groups in total. The highest BCUT2D eigenvalue weighted by atomic mass is 79.9. The number of halogens is 1. The van der Waals surface area contributed by atoms with Crippen LogP contribution in [0.5, 0.6) is 5.75 Å². The Kier molecular flexibility index (Phi) is 12.3. The van der Waals surface area contributed by atoms with Crippen molar-refractivity contribution >= 4 is 51.0 Å². The van der Waals surface area contributed by atoms with Crippen molar-refractivity contribution in [2.45, 2.75) is 33.9 Å². The van der Waals surface area contributed by atoms with E-state index in [1.807, 2.05) is 26.0 Å². The number of hydrogen-bond acceptors (Lipinski definition) is 10. The lowest BCUT2D eigenvalue weighted by Crippen LogP contribution is -2.33. The van der Waals surface area contributed by atoms with Gasteiger partial charge in [-0.25, -0.2) is 5.43 Å². The third-order valence-electron chi connectivity index (χ3n) is 6.67. The van der Waals surface area contributed by atoms with Crippen molar-refractivity contribution < 1.29 is 24.0 Å². The minimum absolute atomic E-state index is 0.0464. The van der Waals surface area contributed by atoms with Gasteiger partial charge in [-0.05, 0) is 54.9 Å². The largest absolute Gasteiger partial charge is 0.483 e. The number of ether oxygens (including phenoxy) is 2. The number of hydrogen-bond donors (Lipinski definition) is 2. The summed E-state index contributed by atoms with van der Waals surface area (Å²) in [4.78, 5) is 50.8. The van der Waals surface area contributed by atoms with E-state index in [0.717, 1.165) is 18.8 Å². The van der Waals surface area contributed by atoms with E-state index in [4.69, 9.17) is 9.47 Å². The Bertz CT molecular complexity index is 1710. The van der Waals surface area contributed by atoms with Gasteiger partial charge < -0.3 is 24.3 Å². The lowest BCUT2D eigenvalue weighted by Gasteiger charge is -2.22. The second kappa shape index (κ2) is 16.1. The number of anilines is 2. The second-order valence-corrected chi connectivity index (χ2v) is 10.3. The Morgan fingerprint density at radius 2 is 1.93 bits per heavy atom. The highest BCUT2D eigenvalue weighted by Crippen LogP contribution is 2.26. The van der Waals surface area contributed by atoms with Gasteiger partial charge in [0.1, 0.15) is 23.9 Å². The fourth-order valence-electron chi connectivity index (χ4n) is 4.38. The van der Waals surface area contributed by atoms with Crippen LogP contribution in [0.3, 0.4) is 0 Å². The van der Waals surface area contributed by atoms with Gasteiger partial charge in [0.2, 0.25) is 0 Å². The molecule has 3 rings (SSSR count). The van der Waals surface area contributed by atoms with Crippen molar-refractivity contribution in [3.05, 3.63) is 89.8 Å². The lowest BCUT2D eigenvalue weighted by atomic mass is 10.1. The summed E-state index contributed by atoms with van der Waals surface area (Å²) < 4.78 is 12.6. The molecular weight excluding hydrogens is 650 g/mol. The summed E-state index contributed by atoms with van der Waals surface area (Å²) in [6.07, 6.45) is 1.34. The number of nitro groups is 1. The SMILES string of the molecule is CCN(CC)c1ccc(/C=N/NC(=O)Cn2c(C)c(Br)c(COC)c(C#N)c2=O)c(OCC(=O)Nc2cccc([N+](=O)[O-])c2)c1. The van der Waals surface area contributed by atoms with Gasteiger partial charge in [-0.3, -0.25) is 24.5 Å². The molecule has 45 heavy (non-hydrogen) atoms. The van der Waals surface area contributed by atoms with Crippen molar-refractivity contribution in [3.8, 4) is 11.8 Å². The number of benzene rings is 2. The van der Waals surface area contributed by atoms with Gasteiger partial charge in [0.05, 0.1) is 17.7 Å². The minimum Gasteiger partial charge on any atom is -0.483 e. The second-order valence-electron chi connectivity index (χ2n) is 9.52. The van der Waals surface area contributed by atoms with Gasteiger partial charge in [-0.1, -0.05) is 6.07 Å². The molecule has 0 aliphatic carbocycles.